The monoisotopic (exact) mass is 208 g/mol. The Hall–Kier alpha value is 0.210. The van der Waals surface area contributed by atoms with E-state index in [-0.39, 0.29) is 11.2 Å². The van der Waals surface area contributed by atoms with E-state index in [1.165, 1.54) is 0 Å². The zero-order valence-electron chi connectivity index (χ0n) is 9.26. The Balaban J connectivity index is 3.78. The van der Waals surface area contributed by atoms with E-state index in [9.17, 15) is 0 Å². The van der Waals surface area contributed by atoms with E-state index in [0.29, 0.717) is 5.92 Å². The van der Waals surface area contributed by atoms with Crippen LogP contribution in [0.3, 0.4) is 0 Å². The van der Waals surface area contributed by atoms with Crippen LogP contribution in [0.4, 0.5) is 0 Å². The van der Waals surface area contributed by atoms with E-state index in [1.807, 2.05) is 13.8 Å². The van der Waals surface area contributed by atoms with Gasteiger partial charge in [0.05, 0.1) is 0 Å². The lowest BCUT2D eigenvalue weighted by Gasteiger charge is -2.23. The molecule has 0 N–H and O–H groups in total. The van der Waals surface area contributed by atoms with E-state index in [0.717, 1.165) is 12.8 Å². The third kappa shape index (κ3) is 6.30. The lowest BCUT2D eigenvalue weighted by Crippen LogP contribution is -2.24. The van der Waals surface area contributed by atoms with Crippen LogP contribution < -0.4 is 0 Å². The molecule has 13 heavy (non-hydrogen) atoms. The molecule has 0 amide bonds. The fourth-order valence-corrected chi connectivity index (χ4v) is 1.38. The summed E-state index contributed by atoms with van der Waals surface area (Å²) >= 11 is 6.09. The molecule has 0 fully saturated rings. The molecule has 0 rings (SSSR count). The van der Waals surface area contributed by atoms with Crippen LogP contribution in [0.25, 0.3) is 0 Å². The Morgan fingerprint density at radius 2 is 1.69 bits per heavy atom. The highest BCUT2D eigenvalue weighted by molar-refractivity contribution is 6.23. The summed E-state index contributed by atoms with van der Waals surface area (Å²) < 4.78 is 10.3. The van der Waals surface area contributed by atoms with E-state index < -0.39 is 0 Å². The minimum atomic E-state index is -0.125. The largest absolute Gasteiger partial charge is 0.356 e. The second-order valence-corrected chi connectivity index (χ2v) is 5.10. The molecular formula is C10H21ClO2. The number of rotatable bonds is 6. The van der Waals surface area contributed by atoms with Crippen LogP contribution in [0, 0.1) is 5.92 Å². The summed E-state index contributed by atoms with van der Waals surface area (Å²) in [4.78, 5) is -0.125. The topological polar surface area (TPSA) is 18.5 Å². The van der Waals surface area contributed by atoms with Gasteiger partial charge in [-0.2, -0.15) is 0 Å². The number of hydrogen-bond acceptors (Lipinski definition) is 2. The molecule has 0 radical (unpaired) electrons. The summed E-state index contributed by atoms with van der Waals surface area (Å²) in [6.07, 6.45) is 1.88. The molecule has 0 aromatic carbocycles. The van der Waals surface area contributed by atoms with Gasteiger partial charge in [-0.05, 0) is 26.7 Å². The number of hydrogen-bond donors (Lipinski definition) is 0. The summed E-state index contributed by atoms with van der Waals surface area (Å²) in [5.41, 5.74) is 0. The van der Waals surface area contributed by atoms with Gasteiger partial charge in [0.25, 0.3) is 0 Å². The Morgan fingerprint density at radius 3 is 2.00 bits per heavy atom. The average molecular weight is 209 g/mol. The van der Waals surface area contributed by atoms with E-state index in [2.05, 4.69) is 6.92 Å². The predicted octanol–water partition coefficient (Wildman–Crippen LogP) is 3.04. The first-order valence-corrected chi connectivity index (χ1v) is 5.03. The zero-order chi connectivity index (χ0) is 10.5. The highest BCUT2D eigenvalue weighted by Crippen LogP contribution is 2.24. The molecule has 0 saturated carbocycles. The van der Waals surface area contributed by atoms with Gasteiger partial charge < -0.3 is 9.47 Å². The van der Waals surface area contributed by atoms with Crippen molar-refractivity contribution >= 4 is 11.6 Å². The van der Waals surface area contributed by atoms with E-state index in [1.54, 1.807) is 14.2 Å². The maximum atomic E-state index is 6.09. The lowest BCUT2D eigenvalue weighted by atomic mass is 9.98. The van der Waals surface area contributed by atoms with Crippen molar-refractivity contribution in [3.05, 3.63) is 0 Å². The summed E-state index contributed by atoms with van der Waals surface area (Å²) in [5.74, 6) is 0.382. The molecule has 1 unspecified atom stereocenters. The predicted molar refractivity (Wildman–Crippen MR) is 56.1 cm³/mol. The number of halogens is 1. The SMILES string of the molecule is COC(OC)C(C)CCC(C)(C)Cl. The number of methoxy groups -OCH3 is 2. The molecule has 0 heterocycles. The lowest BCUT2D eigenvalue weighted by molar-refractivity contribution is -0.134. The summed E-state index contributed by atoms with van der Waals surface area (Å²) in [7, 11) is 3.33. The minimum absolute atomic E-state index is 0.112. The summed E-state index contributed by atoms with van der Waals surface area (Å²) in [6, 6.07) is 0. The highest BCUT2D eigenvalue weighted by atomic mass is 35.5. The zero-order valence-corrected chi connectivity index (χ0v) is 10.0. The Kier molecular flexibility index (Phi) is 5.93. The van der Waals surface area contributed by atoms with Crippen LogP contribution in [-0.2, 0) is 9.47 Å². The Labute approximate surface area is 86.6 Å². The Bertz CT molecular complexity index is 127. The molecule has 1 atom stereocenters. The second-order valence-electron chi connectivity index (χ2n) is 4.07. The maximum absolute atomic E-state index is 6.09. The minimum Gasteiger partial charge on any atom is -0.356 e. The van der Waals surface area contributed by atoms with Crippen molar-refractivity contribution in [2.45, 2.75) is 44.8 Å². The van der Waals surface area contributed by atoms with Gasteiger partial charge in [0.15, 0.2) is 6.29 Å². The van der Waals surface area contributed by atoms with Crippen LogP contribution in [-0.4, -0.2) is 25.4 Å². The van der Waals surface area contributed by atoms with Crippen LogP contribution >= 0.6 is 11.6 Å². The molecule has 0 bridgehead atoms. The highest BCUT2D eigenvalue weighted by Gasteiger charge is 2.20. The van der Waals surface area contributed by atoms with Crippen LogP contribution in [0.1, 0.15) is 33.6 Å². The summed E-state index contributed by atoms with van der Waals surface area (Å²) in [5, 5.41) is 0. The molecule has 0 saturated heterocycles. The van der Waals surface area contributed by atoms with Crippen molar-refractivity contribution in [2.75, 3.05) is 14.2 Å². The van der Waals surface area contributed by atoms with Crippen molar-refractivity contribution in [3.63, 3.8) is 0 Å². The molecule has 0 aliphatic rings. The smallest absolute Gasteiger partial charge is 0.159 e. The molecule has 2 nitrogen and oxygen atoms in total. The van der Waals surface area contributed by atoms with Crippen LogP contribution in [0.5, 0.6) is 0 Å². The fourth-order valence-electron chi connectivity index (χ4n) is 1.27. The first-order valence-electron chi connectivity index (χ1n) is 4.65. The first kappa shape index (κ1) is 13.2. The van der Waals surface area contributed by atoms with Gasteiger partial charge in [-0.3, -0.25) is 0 Å². The van der Waals surface area contributed by atoms with Crippen molar-refractivity contribution in [2.24, 2.45) is 5.92 Å². The van der Waals surface area contributed by atoms with Gasteiger partial charge >= 0.3 is 0 Å². The quantitative estimate of drug-likeness (QED) is 0.494. The number of alkyl halides is 1. The van der Waals surface area contributed by atoms with E-state index in [4.69, 9.17) is 21.1 Å². The Morgan fingerprint density at radius 1 is 1.23 bits per heavy atom. The molecule has 0 aromatic heterocycles. The van der Waals surface area contributed by atoms with Gasteiger partial charge in [-0.1, -0.05) is 6.92 Å². The standard InChI is InChI=1S/C10H21ClO2/c1-8(9(12-4)13-5)6-7-10(2,3)11/h8-9H,6-7H2,1-5H3. The average Bonchev–Trinajstić information content (AvgIpc) is 2.02. The van der Waals surface area contributed by atoms with Gasteiger partial charge in [0, 0.05) is 25.0 Å². The molecule has 80 valence electrons. The summed E-state index contributed by atoms with van der Waals surface area (Å²) in [6.45, 7) is 6.16. The van der Waals surface area contributed by atoms with E-state index >= 15 is 0 Å². The molecule has 0 aromatic rings. The van der Waals surface area contributed by atoms with Crippen molar-refractivity contribution in [3.8, 4) is 0 Å². The molecule has 3 heteroatoms. The van der Waals surface area contributed by atoms with Gasteiger partial charge in [-0.15, -0.1) is 11.6 Å². The fraction of sp³-hybridized carbons (Fsp3) is 1.00. The molecule has 0 aliphatic carbocycles. The van der Waals surface area contributed by atoms with Crippen molar-refractivity contribution < 1.29 is 9.47 Å². The van der Waals surface area contributed by atoms with Gasteiger partial charge in [0.1, 0.15) is 0 Å². The normalized spacial score (nSPS) is 15.0. The molecular weight excluding hydrogens is 188 g/mol. The third-order valence-corrected chi connectivity index (χ3v) is 2.31. The second kappa shape index (κ2) is 5.84. The third-order valence-electron chi connectivity index (χ3n) is 2.12. The van der Waals surface area contributed by atoms with Crippen molar-refractivity contribution in [1.82, 2.24) is 0 Å². The molecule has 0 aliphatic heterocycles. The van der Waals surface area contributed by atoms with Crippen molar-refractivity contribution in [1.29, 1.82) is 0 Å². The van der Waals surface area contributed by atoms with Gasteiger partial charge in [0.2, 0.25) is 0 Å². The van der Waals surface area contributed by atoms with Crippen LogP contribution in [0.2, 0.25) is 0 Å². The van der Waals surface area contributed by atoms with Crippen LogP contribution in [0.15, 0.2) is 0 Å². The molecule has 0 spiro atoms. The maximum Gasteiger partial charge on any atom is 0.159 e. The first-order chi connectivity index (χ1) is 5.90. The van der Waals surface area contributed by atoms with Gasteiger partial charge in [-0.25, -0.2) is 0 Å². The number of ether oxygens (including phenoxy) is 2.